The minimum atomic E-state index is -0.552. The molecule has 39 heavy (non-hydrogen) atoms. The van der Waals surface area contributed by atoms with Gasteiger partial charge >= 0.3 is 5.97 Å². The van der Waals surface area contributed by atoms with Gasteiger partial charge in [-0.15, -0.1) is 0 Å². The van der Waals surface area contributed by atoms with Gasteiger partial charge in [0.2, 0.25) is 0 Å². The third-order valence-electron chi connectivity index (χ3n) is 5.99. The maximum absolute atomic E-state index is 12.6. The normalized spacial score (nSPS) is 16.5. The number of aliphatic imine (C=N–C) groups is 2. The Hall–Kier alpha value is -4.91. The molecule has 0 spiro atoms. The van der Waals surface area contributed by atoms with Crippen LogP contribution in [0.5, 0.6) is 0 Å². The molecule has 2 atom stereocenters. The molecule has 0 saturated heterocycles. The Balaban J connectivity index is 1.41. The van der Waals surface area contributed by atoms with E-state index in [2.05, 4.69) is 15.0 Å². The molecule has 196 valence electrons. The summed E-state index contributed by atoms with van der Waals surface area (Å²) in [6.45, 7) is 0. The topological polar surface area (TPSA) is 90.2 Å². The fraction of sp³-hybridized carbons (Fsp3) is 0.156. The van der Waals surface area contributed by atoms with Crippen LogP contribution in [0.4, 0.5) is 5.69 Å². The Bertz CT molecular complexity index is 1410. The van der Waals surface area contributed by atoms with Crippen molar-refractivity contribution in [3.8, 4) is 0 Å². The van der Waals surface area contributed by atoms with Crippen molar-refractivity contribution in [3.05, 3.63) is 126 Å². The minimum Gasteiger partial charge on any atom is -0.469 e. The molecule has 0 bridgehead atoms. The van der Waals surface area contributed by atoms with Crippen molar-refractivity contribution in [2.45, 2.75) is 24.9 Å². The van der Waals surface area contributed by atoms with Crippen LogP contribution >= 0.6 is 0 Å². The number of esters is 1. The number of hydrogen-bond acceptors (Lipinski definition) is 6. The quantitative estimate of drug-likeness (QED) is 0.179. The molecule has 1 aliphatic rings. The molecule has 1 aliphatic carbocycles. The molecule has 0 aliphatic heterocycles. The number of amides is 1. The third kappa shape index (κ3) is 8.04. The van der Waals surface area contributed by atoms with E-state index in [4.69, 9.17) is 9.47 Å². The fourth-order valence-electron chi connectivity index (χ4n) is 3.99. The van der Waals surface area contributed by atoms with Gasteiger partial charge in [0.25, 0.3) is 5.91 Å². The highest BCUT2D eigenvalue weighted by molar-refractivity contribution is 6.11. The van der Waals surface area contributed by atoms with Crippen LogP contribution in [0.1, 0.15) is 40.2 Å². The van der Waals surface area contributed by atoms with E-state index in [1.807, 2.05) is 60.7 Å². The van der Waals surface area contributed by atoms with Gasteiger partial charge in [-0.05, 0) is 66.5 Å². The molecule has 0 fully saturated rings. The molecule has 0 N–H and O–H groups in total. The van der Waals surface area contributed by atoms with Crippen LogP contribution in [0.3, 0.4) is 0 Å². The Morgan fingerprint density at radius 1 is 1.05 bits per heavy atom. The van der Waals surface area contributed by atoms with Crippen LogP contribution in [0.15, 0.2) is 119 Å². The highest BCUT2D eigenvalue weighted by atomic mass is 16.5. The number of pyridine rings is 1. The molecular weight excluding hydrogens is 490 g/mol. The second-order valence-electron chi connectivity index (χ2n) is 8.68. The number of hydrogen-bond donors (Lipinski definition) is 0. The number of ether oxygens (including phenoxy) is 2. The van der Waals surface area contributed by atoms with Gasteiger partial charge < -0.3 is 9.47 Å². The van der Waals surface area contributed by atoms with Crippen LogP contribution < -0.4 is 0 Å². The molecule has 4 rings (SSSR count). The molecular formula is C32H29N3O4. The standard InChI is InChI=1S/C32H29N3O4/c1-38-32(37)28(17-6-5-11-24-12-10-20-33-22-24)26-15-9-16-27(21-26)34-23-39-30-19-8-7-18-29(30)35-31(36)25-13-3-2-4-14-25/h2-5,7-16,18-23,28,30H,6,17H2,1H3. The van der Waals surface area contributed by atoms with Crippen LogP contribution in [-0.2, 0) is 14.3 Å². The summed E-state index contributed by atoms with van der Waals surface area (Å²) >= 11 is 0. The van der Waals surface area contributed by atoms with E-state index in [-0.39, 0.29) is 11.9 Å². The first kappa shape index (κ1) is 27.1. The largest absolute Gasteiger partial charge is 0.469 e. The van der Waals surface area contributed by atoms with Gasteiger partial charge in [-0.2, -0.15) is 0 Å². The fourth-order valence-corrected chi connectivity index (χ4v) is 3.99. The molecule has 3 aromatic rings. The Morgan fingerprint density at radius 2 is 1.92 bits per heavy atom. The number of benzene rings is 2. The number of carbonyl (C=O) groups is 2. The highest BCUT2D eigenvalue weighted by Gasteiger charge is 2.21. The van der Waals surface area contributed by atoms with Gasteiger partial charge in [0.15, 0.2) is 12.5 Å². The van der Waals surface area contributed by atoms with E-state index < -0.39 is 12.0 Å². The molecule has 7 nitrogen and oxygen atoms in total. The summed E-state index contributed by atoms with van der Waals surface area (Å²) < 4.78 is 10.9. The van der Waals surface area contributed by atoms with Gasteiger partial charge in [-0.25, -0.2) is 9.98 Å². The van der Waals surface area contributed by atoms with Crippen molar-refractivity contribution in [1.29, 1.82) is 0 Å². The second kappa shape index (κ2) is 14.1. The monoisotopic (exact) mass is 519 g/mol. The molecule has 1 heterocycles. The summed E-state index contributed by atoms with van der Waals surface area (Å²) in [6, 6.07) is 20.1. The SMILES string of the molecule is COC(=O)C(CCC=Cc1cccnc1)c1cccc(N=COC2C=CC=CC2=NC(=O)c2ccccc2)c1. The Kier molecular flexibility index (Phi) is 9.84. The molecule has 0 radical (unpaired) electrons. The number of nitrogens with zero attached hydrogens (tertiary/aromatic N) is 3. The maximum atomic E-state index is 12.6. The Morgan fingerprint density at radius 3 is 2.72 bits per heavy atom. The zero-order valence-electron chi connectivity index (χ0n) is 21.6. The molecule has 1 amide bonds. The van der Waals surface area contributed by atoms with E-state index in [9.17, 15) is 9.59 Å². The van der Waals surface area contributed by atoms with Crippen LogP contribution in [-0.4, -0.2) is 42.2 Å². The summed E-state index contributed by atoms with van der Waals surface area (Å²) in [5.41, 5.74) is 3.43. The molecule has 1 aromatic heterocycles. The van der Waals surface area contributed by atoms with E-state index in [1.54, 1.807) is 54.9 Å². The summed E-state index contributed by atoms with van der Waals surface area (Å²) in [6.07, 6.45) is 16.7. The van der Waals surface area contributed by atoms with E-state index in [0.29, 0.717) is 29.8 Å². The number of carbonyl (C=O) groups excluding carboxylic acids is 2. The van der Waals surface area contributed by atoms with Crippen LogP contribution in [0.2, 0.25) is 0 Å². The first-order valence-corrected chi connectivity index (χ1v) is 12.6. The number of aromatic nitrogens is 1. The van der Waals surface area contributed by atoms with Crippen LogP contribution in [0, 0.1) is 0 Å². The number of allylic oxidation sites excluding steroid dienone is 3. The van der Waals surface area contributed by atoms with Crippen molar-refractivity contribution in [1.82, 2.24) is 4.98 Å². The molecule has 2 aromatic carbocycles. The van der Waals surface area contributed by atoms with Gasteiger partial charge in [-0.3, -0.25) is 14.6 Å². The van der Waals surface area contributed by atoms with Gasteiger partial charge in [-0.1, -0.05) is 60.7 Å². The highest BCUT2D eigenvalue weighted by Crippen LogP contribution is 2.27. The van der Waals surface area contributed by atoms with Crippen molar-refractivity contribution in [2.24, 2.45) is 9.98 Å². The van der Waals surface area contributed by atoms with Gasteiger partial charge in [0, 0.05) is 18.0 Å². The predicted octanol–water partition coefficient (Wildman–Crippen LogP) is 6.28. The second-order valence-corrected chi connectivity index (χ2v) is 8.68. The summed E-state index contributed by atoms with van der Waals surface area (Å²) in [4.78, 5) is 37.8. The van der Waals surface area contributed by atoms with Crippen molar-refractivity contribution in [3.63, 3.8) is 0 Å². The summed E-state index contributed by atoms with van der Waals surface area (Å²) in [7, 11) is 1.39. The Labute approximate surface area is 228 Å². The smallest absolute Gasteiger partial charge is 0.313 e. The summed E-state index contributed by atoms with van der Waals surface area (Å²) in [5, 5.41) is 0. The lowest BCUT2D eigenvalue weighted by molar-refractivity contribution is -0.142. The lowest BCUT2D eigenvalue weighted by atomic mass is 9.93. The van der Waals surface area contributed by atoms with Crippen molar-refractivity contribution < 1.29 is 19.1 Å². The minimum absolute atomic E-state index is 0.301. The van der Waals surface area contributed by atoms with Gasteiger partial charge in [0.1, 0.15) is 0 Å². The number of rotatable bonds is 10. The van der Waals surface area contributed by atoms with E-state index in [0.717, 1.165) is 11.1 Å². The zero-order chi connectivity index (χ0) is 27.3. The lowest BCUT2D eigenvalue weighted by Gasteiger charge is -2.15. The first-order valence-electron chi connectivity index (χ1n) is 12.6. The first-order chi connectivity index (χ1) is 19.1. The predicted molar refractivity (Wildman–Crippen MR) is 153 cm³/mol. The molecule has 0 saturated carbocycles. The van der Waals surface area contributed by atoms with Crippen molar-refractivity contribution in [2.75, 3.05) is 7.11 Å². The zero-order valence-corrected chi connectivity index (χ0v) is 21.6. The molecule has 2 unspecified atom stereocenters. The van der Waals surface area contributed by atoms with E-state index >= 15 is 0 Å². The summed E-state index contributed by atoms with van der Waals surface area (Å²) in [5.74, 6) is -1.07. The molecule has 7 heteroatoms. The maximum Gasteiger partial charge on any atom is 0.313 e. The van der Waals surface area contributed by atoms with E-state index in [1.165, 1.54) is 13.5 Å². The number of methoxy groups -OCH3 is 1. The third-order valence-corrected chi connectivity index (χ3v) is 5.99. The van der Waals surface area contributed by atoms with Gasteiger partial charge in [0.05, 0.1) is 24.4 Å². The average Bonchev–Trinajstić information content (AvgIpc) is 2.99. The average molecular weight is 520 g/mol. The van der Waals surface area contributed by atoms with Crippen LogP contribution in [0.25, 0.3) is 6.08 Å². The lowest BCUT2D eigenvalue weighted by Crippen LogP contribution is -2.23. The van der Waals surface area contributed by atoms with Crippen molar-refractivity contribution >= 4 is 35.8 Å².